The molecular weight excluding hydrogens is 724 g/mol. The second-order valence-corrected chi connectivity index (χ2v) is 16.2. The summed E-state index contributed by atoms with van der Waals surface area (Å²) in [6.45, 7) is 6.26. The normalized spacial score (nSPS) is 28.9. The van der Waals surface area contributed by atoms with Gasteiger partial charge in [0.15, 0.2) is 0 Å². The minimum absolute atomic E-state index is 0.0525. The van der Waals surface area contributed by atoms with Gasteiger partial charge < -0.3 is 41.5 Å². The molecule has 0 radical (unpaired) electrons. The summed E-state index contributed by atoms with van der Waals surface area (Å²) in [7, 11) is 2.13. The van der Waals surface area contributed by atoms with Gasteiger partial charge in [0.05, 0.1) is 28.8 Å². The number of likely N-dealkylation sites (N-methyl/N-ethyl adjacent to an activating group) is 1. The van der Waals surface area contributed by atoms with E-state index in [0.717, 1.165) is 49.9 Å². The summed E-state index contributed by atoms with van der Waals surface area (Å²) in [4.78, 5) is 59.3. The Morgan fingerprint density at radius 2 is 1.73 bits per heavy atom. The zero-order valence-electron chi connectivity index (χ0n) is 31.4. The number of carbonyl (C=O) groups excluding carboxylic acids is 4. The number of piperazine rings is 1. The Morgan fingerprint density at radius 1 is 0.982 bits per heavy atom. The first-order chi connectivity index (χ1) is 26.8. The van der Waals surface area contributed by atoms with Crippen LogP contribution in [0, 0.1) is 17.8 Å². The predicted molar refractivity (Wildman–Crippen MR) is 204 cm³/mol. The molecule has 0 bridgehead atoms. The van der Waals surface area contributed by atoms with Gasteiger partial charge in [-0.2, -0.15) is 0 Å². The number of amides is 4. The molecule has 16 heteroatoms. The zero-order valence-corrected chi connectivity index (χ0v) is 31.4. The van der Waals surface area contributed by atoms with Crippen LogP contribution in [0.5, 0.6) is 5.75 Å². The molecule has 2 aromatic carbocycles. The van der Waals surface area contributed by atoms with Crippen LogP contribution in [0.2, 0.25) is 0 Å². The summed E-state index contributed by atoms with van der Waals surface area (Å²) in [5.74, 6) is -3.62. The third kappa shape index (κ3) is 7.27. The van der Waals surface area contributed by atoms with Crippen LogP contribution in [-0.2, 0) is 9.59 Å². The summed E-state index contributed by atoms with van der Waals surface area (Å²) in [5, 5.41) is 15.4. The molecule has 0 aromatic heterocycles. The number of hydrogen-bond acceptors (Lipinski definition) is 12. The lowest BCUT2D eigenvalue weighted by molar-refractivity contribution is -0.136. The molecule has 7 aliphatic rings. The first-order valence-electron chi connectivity index (χ1n) is 19.4. The maximum absolute atomic E-state index is 14.8. The highest BCUT2D eigenvalue weighted by atomic mass is 19.3. The lowest BCUT2D eigenvalue weighted by atomic mass is 9.92. The molecule has 4 saturated heterocycles. The third-order valence-electron chi connectivity index (χ3n) is 12.4. The molecule has 298 valence electrons. The Balaban J connectivity index is 0.000000174. The smallest absolute Gasteiger partial charge is 0.262 e. The van der Waals surface area contributed by atoms with E-state index >= 15 is 0 Å². The molecule has 6 heterocycles. The van der Waals surface area contributed by atoms with Crippen molar-refractivity contribution in [3.63, 3.8) is 0 Å². The maximum Gasteiger partial charge on any atom is 0.262 e. The van der Waals surface area contributed by atoms with E-state index in [1.807, 2.05) is 17.0 Å². The monoisotopic (exact) mass is 773 g/mol. The Kier molecular flexibility index (Phi) is 9.89. The number of fused-ring (bicyclic) bond motifs is 3. The summed E-state index contributed by atoms with van der Waals surface area (Å²) in [6.07, 6.45) is 2.96. The predicted octanol–water partition coefficient (Wildman–Crippen LogP) is 1.54. The number of carbonyl (C=O) groups is 4. The van der Waals surface area contributed by atoms with Crippen molar-refractivity contribution in [2.75, 3.05) is 70.9 Å². The van der Waals surface area contributed by atoms with Gasteiger partial charge in [0.25, 0.3) is 17.7 Å². The average molecular weight is 774 g/mol. The fourth-order valence-electron chi connectivity index (χ4n) is 9.10. The number of hydrogen-bond donors (Lipinski definition) is 5. The molecular formula is C40H49F2N9O5. The summed E-state index contributed by atoms with van der Waals surface area (Å²) in [5.41, 5.74) is 15.3. The summed E-state index contributed by atoms with van der Waals surface area (Å²) >= 11 is 0. The van der Waals surface area contributed by atoms with Crippen LogP contribution in [-0.4, -0.2) is 132 Å². The number of benzene rings is 2. The number of anilines is 1. The molecule has 6 aliphatic heterocycles. The number of nitrogens with zero attached hydrogens (tertiary/aromatic N) is 5. The number of halogens is 2. The molecule has 9 rings (SSSR count). The minimum Gasteiger partial charge on any atom is -0.507 e. The number of likely N-dealkylation sites (tertiary alicyclic amines) is 1. The van der Waals surface area contributed by atoms with Gasteiger partial charge in [-0.25, -0.2) is 8.78 Å². The van der Waals surface area contributed by atoms with Gasteiger partial charge in [-0.1, -0.05) is 12.1 Å². The highest BCUT2D eigenvalue weighted by Gasteiger charge is 2.50. The van der Waals surface area contributed by atoms with E-state index in [2.05, 4.69) is 32.4 Å². The molecule has 1 aliphatic carbocycles. The van der Waals surface area contributed by atoms with Crippen LogP contribution in [0.1, 0.15) is 52.0 Å². The van der Waals surface area contributed by atoms with E-state index in [1.54, 1.807) is 30.3 Å². The van der Waals surface area contributed by atoms with Crippen molar-refractivity contribution in [2.45, 2.75) is 43.7 Å². The van der Waals surface area contributed by atoms with Crippen molar-refractivity contribution >= 4 is 35.0 Å². The van der Waals surface area contributed by atoms with Crippen LogP contribution in [0.15, 0.2) is 60.1 Å². The van der Waals surface area contributed by atoms with Crippen molar-refractivity contribution in [1.82, 2.24) is 30.2 Å². The van der Waals surface area contributed by atoms with E-state index in [9.17, 15) is 33.1 Å². The molecule has 4 amide bonds. The van der Waals surface area contributed by atoms with Crippen molar-refractivity contribution < 1.29 is 33.1 Å². The molecule has 5 unspecified atom stereocenters. The molecule has 14 nitrogen and oxygen atoms in total. The number of imide groups is 2. The number of para-hydroxylation sites is 1. The van der Waals surface area contributed by atoms with E-state index in [1.165, 1.54) is 12.5 Å². The average Bonchev–Trinajstić information content (AvgIpc) is 3.70. The lowest BCUT2D eigenvalue weighted by Gasteiger charge is -2.45. The SMILES string of the molecule is CN1CCN2C(/C=C(\N)c3ccccc3O)=C(N)NCC2C1.O=C1CCC(N2C(=O)c3ccc(N4CCC(F)(F)C(CN5CC6CC6C5)C4)cc3C2=O)C(=O)N1. The van der Waals surface area contributed by atoms with E-state index in [0.29, 0.717) is 47.2 Å². The molecule has 5 atom stereocenters. The van der Waals surface area contributed by atoms with Gasteiger partial charge in [0.2, 0.25) is 11.8 Å². The fraction of sp³-hybridized carbons (Fsp3) is 0.500. The molecule has 1 saturated carbocycles. The molecule has 0 spiro atoms. The lowest BCUT2D eigenvalue weighted by Crippen LogP contribution is -2.58. The van der Waals surface area contributed by atoms with E-state index in [4.69, 9.17) is 11.5 Å². The zero-order chi connectivity index (χ0) is 39.5. The molecule has 7 N–H and O–H groups in total. The quantitative estimate of drug-likeness (QED) is 0.268. The number of nitrogens with one attached hydrogen (secondary N) is 2. The number of phenols is 1. The largest absolute Gasteiger partial charge is 0.507 e. The number of rotatable bonds is 6. The van der Waals surface area contributed by atoms with Crippen LogP contribution in [0.25, 0.3) is 5.70 Å². The number of allylic oxidation sites excluding steroid dienone is 1. The van der Waals surface area contributed by atoms with Crippen molar-refractivity contribution in [1.29, 1.82) is 0 Å². The van der Waals surface area contributed by atoms with E-state index < -0.39 is 41.5 Å². The van der Waals surface area contributed by atoms with Gasteiger partial charge in [-0.05, 0) is 68.1 Å². The number of alkyl halides is 2. The van der Waals surface area contributed by atoms with Crippen LogP contribution in [0.4, 0.5) is 14.5 Å². The Labute approximate surface area is 324 Å². The van der Waals surface area contributed by atoms with Gasteiger partial charge in [-0.3, -0.25) is 29.4 Å². The van der Waals surface area contributed by atoms with Gasteiger partial charge in [0, 0.05) is 88.7 Å². The Hall–Kier alpha value is -5.22. The Bertz CT molecular complexity index is 2000. The number of aromatic hydroxyl groups is 1. The first-order valence-corrected chi connectivity index (χ1v) is 19.4. The van der Waals surface area contributed by atoms with Gasteiger partial charge in [-0.15, -0.1) is 0 Å². The second kappa shape index (κ2) is 14.7. The highest BCUT2D eigenvalue weighted by molar-refractivity contribution is 6.23. The molecule has 56 heavy (non-hydrogen) atoms. The fourth-order valence-corrected chi connectivity index (χ4v) is 9.10. The highest BCUT2D eigenvalue weighted by Crippen LogP contribution is 2.46. The van der Waals surface area contributed by atoms with Gasteiger partial charge in [0.1, 0.15) is 17.6 Å². The number of piperidine rings is 3. The van der Waals surface area contributed by atoms with Crippen LogP contribution in [0.3, 0.4) is 0 Å². The Morgan fingerprint density at radius 3 is 2.48 bits per heavy atom. The van der Waals surface area contributed by atoms with Gasteiger partial charge >= 0.3 is 0 Å². The van der Waals surface area contributed by atoms with Crippen molar-refractivity contribution in [3.8, 4) is 5.75 Å². The minimum atomic E-state index is -2.74. The van der Waals surface area contributed by atoms with Crippen molar-refractivity contribution in [3.05, 3.63) is 76.7 Å². The number of phenolic OH excluding ortho intramolecular Hbond substituents is 1. The second-order valence-electron chi connectivity index (χ2n) is 16.2. The standard InChI is InChI=1S/C24H26F2N4O4.C16H23N5O/c25-24(26)5-6-29(12-15(24)11-28-9-13-7-14(13)10-28)16-1-2-17-18(8-16)23(34)30(22(17)33)19-3-4-20(31)27-21(19)32;1-20-6-7-21-11(10-20)9-19-16(18)14(21)8-13(17)12-4-2-3-5-15(12)22/h1-2,8,13-15,19H,3-7,9-12H2,(H,27,31,32);2-5,8,11,19,22H,6-7,9-10,17-18H2,1H3/b;13-8-. The number of nitrogens with two attached hydrogens (primary N) is 2. The summed E-state index contributed by atoms with van der Waals surface area (Å²) in [6, 6.07) is 11.2. The van der Waals surface area contributed by atoms with Crippen LogP contribution < -0.4 is 27.0 Å². The van der Waals surface area contributed by atoms with Crippen molar-refractivity contribution in [2.24, 2.45) is 29.2 Å². The first kappa shape index (κ1) is 37.7. The van der Waals surface area contributed by atoms with Crippen LogP contribution >= 0.6 is 0 Å². The van der Waals surface area contributed by atoms with E-state index in [-0.39, 0.29) is 49.2 Å². The topological polar surface area (TPSA) is 181 Å². The summed E-state index contributed by atoms with van der Waals surface area (Å²) < 4.78 is 29.5. The maximum atomic E-state index is 14.8. The third-order valence-corrected chi connectivity index (χ3v) is 12.4. The molecule has 2 aromatic rings. The molecule has 5 fully saturated rings.